The van der Waals surface area contributed by atoms with Gasteiger partial charge in [0.1, 0.15) is 12.3 Å². The summed E-state index contributed by atoms with van der Waals surface area (Å²) in [7, 11) is -3.35. The van der Waals surface area contributed by atoms with E-state index in [2.05, 4.69) is 4.72 Å². The van der Waals surface area contributed by atoms with E-state index in [0.717, 1.165) is 11.2 Å². The first-order valence-electron chi connectivity index (χ1n) is 5.77. The number of carboxylic acids is 1. The van der Waals surface area contributed by atoms with E-state index in [9.17, 15) is 18.0 Å². The van der Waals surface area contributed by atoms with Crippen LogP contribution in [0.25, 0.3) is 0 Å². The Hall–Kier alpha value is -1.87. The molecule has 1 aromatic heterocycles. The maximum absolute atomic E-state index is 12.0. The molecule has 1 heterocycles. The fourth-order valence-electron chi connectivity index (χ4n) is 1.44. The number of hydrogen-bond donors (Lipinski definition) is 2. The van der Waals surface area contributed by atoms with Crippen molar-refractivity contribution in [3.8, 4) is 0 Å². The molecule has 112 valence electrons. The Morgan fingerprint density at radius 3 is 2.55 bits per heavy atom. The maximum Gasteiger partial charge on any atom is 0.323 e. The van der Waals surface area contributed by atoms with Crippen LogP contribution in [-0.4, -0.2) is 49.6 Å². The molecular formula is C11H16N2O6S. The van der Waals surface area contributed by atoms with E-state index in [-0.39, 0.29) is 24.6 Å². The number of aliphatic carboxylic acids is 1. The van der Waals surface area contributed by atoms with Crippen molar-refractivity contribution < 1.29 is 27.5 Å². The van der Waals surface area contributed by atoms with Crippen molar-refractivity contribution in [2.24, 2.45) is 0 Å². The minimum atomic E-state index is -3.35. The van der Waals surface area contributed by atoms with Gasteiger partial charge in [-0.1, -0.05) is 0 Å². The molecule has 0 radical (unpaired) electrons. The molecule has 0 aliphatic heterocycles. The highest BCUT2D eigenvalue weighted by molar-refractivity contribution is 7.88. The molecule has 0 fully saturated rings. The molecule has 0 bridgehead atoms. The fourth-order valence-corrected chi connectivity index (χ4v) is 1.84. The number of carbonyl (C=O) groups excluding carboxylic acids is 1. The molecule has 1 aromatic rings. The third-order valence-electron chi connectivity index (χ3n) is 2.38. The quantitative estimate of drug-likeness (QED) is 0.725. The number of likely N-dealkylation sites (N-methyl/N-ethyl adjacent to an activating group) is 1. The largest absolute Gasteiger partial charge is 0.480 e. The summed E-state index contributed by atoms with van der Waals surface area (Å²) in [5.74, 6) is -1.44. The van der Waals surface area contributed by atoms with Gasteiger partial charge in [-0.2, -0.15) is 0 Å². The van der Waals surface area contributed by atoms with Gasteiger partial charge in [0, 0.05) is 6.54 Å². The summed E-state index contributed by atoms with van der Waals surface area (Å²) < 4.78 is 29.3. The number of sulfonamides is 1. The van der Waals surface area contributed by atoms with Gasteiger partial charge >= 0.3 is 5.97 Å². The molecular weight excluding hydrogens is 288 g/mol. The van der Waals surface area contributed by atoms with Crippen molar-refractivity contribution in [2.45, 2.75) is 13.5 Å². The number of nitrogens with zero attached hydrogens (tertiary/aromatic N) is 1. The SMILES string of the molecule is CCN(CC(=O)O)C(=O)c1ccc(CNS(C)(=O)=O)o1. The van der Waals surface area contributed by atoms with Crippen LogP contribution in [0.3, 0.4) is 0 Å². The van der Waals surface area contributed by atoms with Gasteiger partial charge in [-0.15, -0.1) is 0 Å². The van der Waals surface area contributed by atoms with Gasteiger partial charge in [0.25, 0.3) is 5.91 Å². The van der Waals surface area contributed by atoms with Crippen molar-refractivity contribution in [3.05, 3.63) is 23.7 Å². The molecule has 8 nitrogen and oxygen atoms in total. The van der Waals surface area contributed by atoms with Gasteiger partial charge in [-0.05, 0) is 19.1 Å². The second kappa shape index (κ2) is 6.53. The van der Waals surface area contributed by atoms with Gasteiger partial charge in [-0.3, -0.25) is 9.59 Å². The summed E-state index contributed by atoms with van der Waals surface area (Å²) in [5, 5.41) is 8.69. The summed E-state index contributed by atoms with van der Waals surface area (Å²) in [6, 6.07) is 2.84. The van der Waals surface area contributed by atoms with Crippen LogP contribution in [-0.2, 0) is 21.4 Å². The van der Waals surface area contributed by atoms with E-state index >= 15 is 0 Å². The van der Waals surface area contributed by atoms with Crippen LogP contribution in [0.1, 0.15) is 23.2 Å². The highest BCUT2D eigenvalue weighted by atomic mass is 32.2. The smallest absolute Gasteiger partial charge is 0.323 e. The monoisotopic (exact) mass is 304 g/mol. The van der Waals surface area contributed by atoms with E-state index in [1.54, 1.807) is 6.92 Å². The predicted octanol–water partition coefficient (Wildman–Crippen LogP) is -0.124. The zero-order valence-corrected chi connectivity index (χ0v) is 11.9. The molecule has 0 spiro atoms. The second-order valence-electron chi connectivity index (χ2n) is 4.07. The first kappa shape index (κ1) is 16.2. The van der Waals surface area contributed by atoms with Crippen LogP contribution in [0.5, 0.6) is 0 Å². The molecule has 0 unspecified atom stereocenters. The number of amides is 1. The topological polar surface area (TPSA) is 117 Å². The second-order valence-corrected chi connectivity index (χ2v) is 5.91. The van der Waals surface area contributed by atoms with E-state index in [4.69, 9.17) is 9.52 Å². The molecule has 0 aliphatic carbocycles. The normalized spacial score (nSPS) is 11.3. The van der Waals surface area contributed by atoms with Crippen LogP contribution < -0.4 is 4.72 Å². The molecule has 1 amide bonds. The molecule has 0 aliphatic rings. The minimum absolute atomic E-state index is 0.0293. The lowest BCUT2D eigenvalue weighted by molar-refractivity contribution is -0.137. The van der Waals surface area contributed by atoms with Crippen molar-refractivity contribution in [1.82, 2.24) is 9.62 Å². The summed E-state index contributed by atoms with van der Waals surface area (Å²) in [4.78, 5) is 23.7. The number of rotatable bonds is 7. The van der Waals surface area contributed by atoms with Gasteiger partial charge in [0.2, 0.25) is 10.0 Å². The van der Waals surface area contributed by atoms with Gasteiger partial charge in [-0.25, -0.2) is 13.1 Å². The Balaban J connectivity index is 2.75. The van der Waals surface area contributed by atoms with E-state index in [0.29, 0.717) is 0 Å². The zero-order valence-electron chi connectivity index (χ0n) is 11.1. The lowest BCUT2D eigenvalue weighted by atomic mass is 10.3. The lowest BCUT2D eigenvalue weighted by Crippen LogP contribution is -2.35. The summed E-state index contributed by atoms with van der Waals surface area (Å²) >= 11 is 0. The highest BCUT2D eigenvalue weighted by Gasteiger charge is 2.20. The van der Waals surface area contributed by atoms with Crippen LogP contribution in [0.2, 0.25) is 0 Å². The number of furan rings is 1. The average molecular weight is 304 g/mol. The van der Waals surface area contributed by atoms with Crippen LogP contribution >= 0.6 is 0 Å². The summed E-state index contributed by atoms with van der Waals surface area (Å²) in [6.07, 6.45) is 1.01. The van der Waals surface area contributed by atoms with Gasteiger partial charge in [0.05, 0.1) is 12.8 Å². The molecule has 0 saturated carbocycles. The van der Waals surface area contributed by atoms with Gasteiger partial charge in [0.15, 0.2) is 5.76 Å². The Morgan fingerprint density at radius 2 is 2.05 bits per heavy atom. The van der Waals surface area contributed by atoms with Crippen molar-refractivity contribution in [2.75, 3.05) is 19.3 Å². The Labute approximate surface area is 116 Å². The van der Waals surface area contributed by atoms with Crippen LogP contribution in [0.15, 0.2) is 16.5 Å². The summed E-state index contributed by atoms with van der Waals surface area (Å²) in [6.45, 7) is 1.38. The Morgan fingerprint density at radius 1 is 1.40 bits per heavy atom. The number of carboxylic acid groups (broad SMARTS) is 1. The van der Waals surface area contributed by atoms with E-state index < -0.39 is 28.4 Å². The van der Waals surface area contributed by atoms with Crippen molar-refractivity contribution >= 4 is 21.9 Å². The molecule has 0 saturated heterocycles. The molecule has 20 heavy (non-hydrogen) atoms. The predicted molar refractivity (Wildman–Crippen MR) is 69.6 cm³/mol. The van der Waals surface area contributed by atoms with Crippen molar-refractivity contribution in [3.63, 3.8) is 0 Å². The van der Waals surface area contributed by atoms with E-state index in [1.807, 2.05) is 0 Å². The minimum Gasteiger partial charge on any atom is -0.480 e. The lowest BCUT2D eigenvalue weighted by Gasteiger charge is -2.16. The molecule has 1 rings (SSSR count). The third-order valence-corrected chi connectivity index (χ3v) is 3.04. The Kier molecular flexibility index (Phi) is 5.28. The first-order chi connectivity index (χ1) is 9.23. The summed E-state index contributed by atoms with van der Waals surface area (Å²) in [5.41, 5.74) is 0. The van der Waals surface area contributed by atoms with Crippen LogP contribution in [0.4, 0.5) is 0 Å². The number of carbonyl (C=O) groups is 2. The van der Waals surface area contributed by atoms with Gasteiger partial charge < -0.3 is 14.4 Å². The number of nitrogens with one attached hydrogen (secondary N) is 1. The average Bonchev–Trinajstić information content (AvgIpc) is 2.80. The molecule has 2 N–H and O–H groups in total. The Bertz CT molecular complexity index is 592. The van der Waals surface area contributed by atoms with Crippen molar-refractivity contribution in [1.29, 1.82) is 0 Å². The number of hydrogen-bond acceptors (Lipinski definition) is 5. The first-order valence-corrected chi connectivity index (χ1v) is 7.66. The fraction of sp³-hybridized carbons (Fsp3) is 0.455. The highest BCUT2D eigenvalue weighted by Crippen LogP contribution is 2.11. The standard InChI is InChI=1S/C11H16N2O6S/c1-3-13(7-10(14)15)11(16)9-5-4-8(19-9)6-12-20(2,17)18/h4-5,12H,3,6-7H2,1-2H3,(H,14,15). The van der Waals surface area contributed by atoms with Crippen LogP contribution in [0, 0.1) is 0 Å². The molecule has 0 aromatic carbocycles. The zero-order chi connectivity index (χ0) is 15.3. The maximum atomic E-state index is 12.0. The molecule has 0 atom stereocenters. The van der Waals surface area contributed by atoms with E-state index in [1.165, 1.54) is 12.1 Å². The molecule has 9 heteroatoms. The third kappa shape index (κ3) is 5.02.